The molecular formula is C8H17N2+. The van der Waals surface area contributed by atoms with Crippen molar-refractivity contribution in [2.24, 2.45) is 0 Å². The molecule has 0 amide bonds. The van der Waals surface area contributed by atoms with Crippen molar-refractivity contribution in [3.05, 3.63) is 0 Å². The fourth-order valence-electron chi connectivity index (χ4n) is 1.31. The molecular weight excluding hydrogens is 124 g/mol. The van der Waals surface area contributed by atoms with Gasteiger partial charge in [-0.3, -0.25) is 5.32 Å². The van der Waals surface area contributed by atoms with Crippen molar-refractivity contribution >= 4 is 5.71 Å². The molecule has 1 aliphatic heterocycles. The molecule has 0 saturated carbocycles. The summed E-state index contributed by atoms with van der Waals surface area (Å²) in [5.41, 5.74) is 1.63. The molecule has 1 heterocycles. The van der Waals surface area contributed by atoms with Gasteiger partial charge in [0, 0.05) is 6.92 Å². The molecule has 1 rings (SSSR count). The summed E-state index contributed by atoms with van der Waals surface area (Å²) >= 11 is 0. The van der Waals surface area contributed by atoms with Crippen LogP contribution >= 0.6 is 0 Å². The van der Waals surface area contributed by atoms with Gasteiger partial charge in [-0.1, -0.05) is 0 Å². The van der Waals surface area contributed by atoms with E-state index in [2.05, 4.69) is 37.7 Å². The highest BCUT2D eigenvalue weighted by atomic mass is 15.1. The van der Waals surface area contributed by atoms with Crippen LogP contribution in [0.3, 0.4) is 0 Å². The monoisotopic (exact) mass is 141 g/mol. The maximum Gasteiger partial charge on any atom is 0.168 e. The fraction of sp³-hybridized carbons (Fsp3) is 0.875. The van der Waals surface area contributed by atoms with E-state index in [0.29, 0.717) is 0 Å². The van der Waals surface area contributed by atoms with Crippen molar-refractivity contribution in [3.63, 3.8) is 0 Å². The van der Waals surface area contributed by atoms with Crippen LogP contribution in [-0.4, -0.2) is 36.0 Å². The molecule has 0 saturated heterocycles. The number of nitrogens with zero attached hydrogens (tertiary/aromatic N) is 1. The molecule has 58 valence electrons. The largest absolute Gasteiger partial charge is 0.297 e. The minimum atomic E-state index is 0.201. The maximum absolute atomic E-state index is 3.46. The highest BCUT2D eigenvalue weighted by molar-refractivity contribution is 5.86. The van der Waals surface area contributed by atoms with Crippen molar-refractivity contribution in [3.8, 4) is 0 Å². The molecule has 0 fully saturated rings. The summed E-state index contributed by atoms with van der Waals surface area (Å²) in [5, 5.41) is 3.46. The predicted octanol–water partition coefficient (Wildman–Crippen LogP) is 0.471. The molecule has 1 aliphatic rings. The van der Waals surface area contributed by atoms with Gasteiger partial charge in [-0.25, -0.2) is 4.58 Å². The van der Waals surface area contributed by atoms with Crippen LogP contribution in [0.15, 0.2) is 0 Å². The van der Waals surface area contributed by atoms with E-state index in [-0.39, 0.29) is 5.54 Å². The molecule has 0 unspecified atom stereocenters. The van der Waals surface area contributed by atoms with E-state index >= 15 is 0 Å². The van der Waals surface area contributed by atoms with Gasteiger partial charge in [0.2, 0.25) is 0 Å². The summed E-state index contributed by atoms with van der Waals surface area (Å²) < 4.78 is 2.32. The topological polar surface area (TPSA) is 15.0 Å². The Morgan fingerprint density at radius 2 is 2.10 bits per heavy atom. The van der Waals surface area contributed by atoms with Crippen molar-refractivity contribution in [1.29, 1.82) is 0 Å². The molecule has 0 aliphatic carbocycles. The predicted molar refractivity (Wildman–Crippen MR) is 43.8 cm³/mol. The molecule has 2 heteroatoms. The van der Waals surface area contributed by atoms with E-state index in [4.69, 9.17) is 0 Å². The van der Waals surface area contributed by atoms with E-state index in [1.54, 1.807) is 0 Å². The molecule has 0 spiro atoms. The second kappa shape index (κ2) is 2.35. The van der Waals surface area contributed by atoms with Crippen LogP contribution in [0.5, 0.6) is 0 Å². The normalized spacial score (nSPS) is 25.2. The van der Waals surface area contributed by atoms with Gasteiger partial charge in [0.05, 0.1) is 12.1 Å². The summed E-state index contributed by atoms with van der Waals surface area (Å²) in [5.74, 6) is 0. The van der Waals surface area contributed by atoms with Crippen LogP contribution in [0, 0.1) is 0 Å². The highest BCUT2D eigenvalue weighted by Crippen LogP contribution is 2.07. The SMILES string of the molecule is CC1=[N+](C)CCNC1(C)C. The zero-order valence-electron chi connectivity index (χ0n) is 7.36. The van der Waals surface area contributed by atoms with Gasteiger partial charge >= 0.3 is 0 Å². The zero-order chi connectivity index (χ0) is 7.78. The van der Waals surface area contributed by atoms with Gasteiger partial charge in [0.15, 0.2) is 12.3 Å². The molecule has 0 aromatic heterocycles. The Labute approximate surface area is 62.9 Å². The van der Waals surface area contributed by atoms with E-state index in [1.165, 1.54) is 5.71 Å². The first kappa shape index (κ1) is 7.73. The highest BCUT2D eigenvalue weighted by Gasteiger charge is 2.30. The second-order valence-electron chi connectivity index (χ2n) is 3.56. The number of hydrogen-bond donors (Lipinski definition) is 1. The molecule has 10 heavy (non-hydrogen) atoms. The molecule has 1 N–H and O–H groups in total. The standard InChI is InChI=1S/C8H17N2/c1-7-8(2,3)9-5-6-10(7)4/h9H,5-6H2,1-4H3/q+1. The molecule has 0 atom stereocenters. The minimum Gasteiger partial charge on any atom is -0.297 e. The van der Waals surface area contributed by atoms with Crippen molar-refractivity contribution < 1.29 is 4.58 Å². The van der Waals surface area contributed by atoms with Crippen LogP contribution < -0.4 is 5.32 Å². The van der Waals surface area contributed by atoms with Gasteiger partial charge in [-0.15, -0.1) is 0 Å². The Bertz CT molecular complexity index is 168. The number of nitrogens with one attached hydrogen (secondary N) is 1. The summed E-state index contributed by atoms with van der Waals surface area (Å²) in [6.07, 6.45) is 0. The molecule has 0 bridgehead atoms. The third-order valence-electron chi connectivity index (χ3n) is 2.49. The zero-order valence-corrected chi connectivity index (χ0v) is 7.36. The van der Waals surface area contributed by atoms with E-state index in [1.807, 2.05) is 0 Å². The molecule has 0 radical (unpaired) electrons. The lowest BCUT2D eigenvalue weighted by Gasteiger charge is -2.28. The van der Waals surface area contributed by atoms with Gasteiger partial charge in [0.25, 0.3) is 0 Å². The Morgan fingerprint density at radius 1 is 1.50 bits per heavy atom. The number of likely N-dealkylation sites (N-methyl/N-ethyl adjacent to an activating group) is 1. The van der Waals surface area contributed by atoms with Crippen molar-refractivity contribution in [1.82, 2.24) is 5.32 Å². The van der Waals surface area contributed by atoms with Crippen LogP contribution in [0.25, 0.3) is 0 Å². The van der Waals surface area contributed by atoms with E-state index < -0.39 is 0 Å². The van der Waals surface area contributed by atoms with Crippen LogP contribution in [0.4, 0.5) is 0 Å². The summed E-state index contributed by atoms with van der Waals surface area (Å²) in [7, 11) is 2.15. The van der Waals surface area contributed by atoms with Crippen molar-refractivity contribution in [2.75, 3.05) is 20.1 Å². The van der Waals surface area contributed by atoms with Gasteiger partial charge in [-0.2, -0.15) is 0 Å². The Morgan fingerprint density at radius 3 is 2.50 bits per heavy atom. The maximum atomic E-state index is 3.46. The summed E-state index contributed by atoms with van der Waals surface area (Å²) in [6, 6.07) is 0. The molecule has 0 aromatic carbocycles. The van der Waals surface area contributed by atoms with E-state index in [9.17, 15) is 0 Å². The minimum absolute atomic E-state index is 0.201. The van der Waals surface area contributed by atoms with Gasteiger partial charge in [0.1, 0.15) is 7.05 Å². The van der Waals surface area contributed by atoms with Crippen LogP contribution in [0.2, 0.25) is 0 Å². The average molecular weight is 141 g/mol. The van der Waals surface area contributed by atoms with Crippen molar-refractivity contribution in [2.45, 2.75) is 26.3 Å². The summed E-state index contributed by atoms with van der Waals surface area (Å²) in [6.45, 7) is 8.86. The third-order valence-corrected chi connectivity index (χ3v) is 2.49. The first-order valence-electron chi connectivity index (χ1n) is 3.84. The average Bonchev–Trinajstić information content (AvgIpc) is 1.83. The van der Waals surface area contributed by atoms with Gasteiger partial charge < -0.3 is 0 Å². The van der Waals surface area contributed by atoms with E-state index in [0.717, 1.165) is 13.1 Å². The fourth-order valence-corrected chi connectivity index (χ4v) is 1.31. The molecule has 2 nitrogen and oxygen atoms in total. The van der Waals surface area contributed by atoms with Gasteiger partial charge in [-0.05, 0) is 13.8 Å². The lowest BCUT2D eigenvalue weighted by molar-refractivity contribution is -0.503. The second-order valence-corrected chi connectivity index (χ2v) is 3.56. The quantitative estimate of drug-likeness (QED) is 0.485. The number of hydrogen-bond acceptors (Lipinski definition) is 1. The lowest BCUT2D eigenvalue weighted by atomic mass is 9.97. The first-order chi connectivity index (χ1) is 4.54. The Hall–Kier alpha value is -0.370. The lowest BCUT2D eigenvalue weighted by Crippen LogP contribution is -2.54. The third kappa shape index (κ3) is 1.21. The summed E-state index contributed by atoms with van der Waals surface area (Å²) in [4.78, 5) is 0. The Balaban J connectivity index is 2.89. The number of rotatable bonds is 0. The van der Waals surface area contributed by atoms with Crippen LogP contribution in [0.1, 0.15) is 20.8 Å². The molecule has 0 aromatic rings. The Kier molecular flexibility index (Phi) is 1.82. The van der Waals surface area contributed by atoms with Crippen LogP contribution in [-0.2, 0) is 0 Å². The smallest absolute Gasteiger partial charge is 0.168 e. The first-order valence-corrected chi connectivity index (χ1v) is 3.84.